The van der Waals surface area contributed by atoms with Crippen molar-refractivity contribution in [3.05, 3.63) is 47.2 Å². The van der Waals surface area contributed by atoms with Crippen LogP contribution in [0, 0.1) is 5.82 Å². The lowest BCUT2D eigenvalue weighted by molar-refractivity contribution is 0.0827. The largest absolute Gasteiger partial charge is 0.377 e. The minimum atomic E-state index is -0.489. The van der Waals surface area contributed by atoms with Crippen LogP contribution in [0.5, 0.6) is 0 Å². The molecule has 174 valence electrons. The zero-order valence-corrected chi connectivity index (χ0v) is 20.0. The Morgan fingerprint density at radius 1 is 1.36 bits per heavy atom. The third-order valence-electron chi connectivity index (χ3n) is 5.16. The van der Waals surface area contributed by atoms with E-state index < -0.39 is 5.82 Å². The van der Waals surface area contributed by atoms with Gasteiger partial charge in [-0.15, -0.1) is 0 Å². The molecule has 3 aromatic rings. The highest BCUT2D eigenvalue weighted by Crippen LogP contribution is 2.29. The lowest BCUT2D eigenvalue weighted by Gasteiger charge is -2.33. The van der Waals surface area contributed by atoms with Crippen LogP contribution in [0.15, 0.2) is 24.4 Å². The van der Waals surface area contributed by atoms with Crippen LogP contribution in [0.4, 0.5) is 15.5 Å². The van der Waals surface area contributed by atoms with Crippen LogP contribution in [0.2, 0.25) is 0 Å². The minimum Gasteiger partial charge on any atom is -0.377 e. The molecule has 3 heterocycles. The Balaban J connectivity index is 1.70. The molecule has 12 heteroatoms. The lowest BCUT2D eigenvalue weighted by atomic mass is 10.1. The first-order chi connectivity index (χ1) is 15.9. The second-order valence-corrected chi connectivity index (χ2v) is 9.02. The molecule has 0 radical (unpaired) electrons. The summed E-state index contributed by atoms with van der Waals surface area (Å²) in [4.78, 5) is 36.8. The number of aromatic nitrogens is 4. The van der Waals surface area contributed by atoms with Crippen molar-refractivity contribution in [2.45, 2.75) is 19.4 Å². The number of ether oxygens (including phenoxy) is 1. The lowest BCUT2D eigenvalue weighted by Crippen LogP contribution is -2.44. The van der Waals surface area contributed by atoms with Gasteiger partial charge < -0.3 is 14.5 Å². The van der Waals surface area contributed by atoms with Crippen LogP contribution >= 0.6 is 23.1 Å². The van der Waals surface area contributed by atoms with Gasteiger partial charge >= 0.3 is 0 Å². The molecule has 33 heavy (non-hydrogen) atoms. The average molecular weight is 492 g/mol. The second-order valence-electron chi connectivity index (χ2n) is 7.80. The molecule has 1 N–H and O–H groups in total. The van der Waals surface area contributed by atoms with Crippen molar-refractivity contribution in [3.8, 4) is 10.7 Å². The number of benzene rings is 1. The predicted octanol–water partition coefficient (Wildman–Crippen LogP) is 3.22. The number of carbonyl (C=O) groups is 1. The molecular weight excluding hydrogens is 469 g/mol. The third kappa shape index (κ3) is 5.21. The number of hydrogen-bond donors (Lipinski definition) is 1. The Morgan fingerprint density at radius 3 is 2.85 bits per heavy atom. The molecule has 1 aromatic carbocycles. The summed E-state index contributed by atoms with van der Waals surface area (Å²) in [6.07, 6.45) is 1.77. The van der Waals surface area contributed by atoms with Gasteiger partial charge in [0.1, 0.15) is 11.6 Å². The number of nitrogens with one attached hydrogen (secondary N) is 1. The standard InChI is InChI=1S/C21H23ClFN7O2S/c1-12-11-32-7-6-30(12)20-26-17(25-18(27-20)16-10-24-21(28-22)33-16)9-13-4-5-14(8-15(13)23)19(31)29(2)3/h4-5,8,10,12H,6-7,9,11H2,1-3H3,(H,24,28)/t12-/m0/s1. The number of halogens is 2. The van der Waals surface area contributed by atoms with E-state index in [2.05, 4.69) is 29.7 Å². The highest BCUT2D eigenvalue weighted by atomic mass is 35.5. The number of rotatable bonds is 6. The normalized spacial score (nSPS) is 16.0. The van der Waals surface area contributed by atoms with Gasteiger partial charge in [-0.3, -0.25) is 9.63 Å². The van der Waals surface area contributed by atoms with Crippen molar-refractivity contribution >= 4 is 40.1 Å². The van der Waals surface area contributed by atoms with Gasteiger partial charge in [-0.2, -0.15) is 9.97 Å². The summed E-state index contributed by atoms with van der Waals surface area (Å²) in [6.45, 7) is 3.80. The number of anilines is 2. The number of amides is 1. The van der Waals surface area contributed by atoms with E-state index in [1.54, 1.807) is 32.4 Å². The van der Waals surface area contributed by atoms with Crippen LogP contribution in [0.3, 0.4) is 0 Å². The monoisotopic (exact) mass is 491 g/mol. The first-order valence-corrected chi connectivity index (χ1v) is 11.5. The first-order valence-electron chi connectivity index (χ1n) is 10.3. The van der Waals surface area contributed by atoms with Gasteiger partial charge in [0.25, 0.3) is 5.91 Å². The van der Waals surface area contributed by atoms with E-state index in [0.717, 1.165) is 0 Å². The Labute approximate surface area is 199 Å². The summed E-state index contributed by atoms with van der Waals surface area (Å²) in [5.41, 5.74) is 0.669. The van der Waals surface area contributed by atoms with E-state index in [9.17, 15) is 9.18 Å². The molecule has 0 unspecified atom stereocenters. The van der Waals surface area contributed by atoms with Crippen LogP contribution < -0.4 is 9.74 Å². The van der Waals surface area contributed by atoms with Gasteiger partial charge in [-0.05, 0) is 24.6 Å². The van der Waals surface area contributed by atoms with Crippen molar-refractivity contribution in [2.24, 2.45) is 0 Å². The number of carbonyl (C=O) groups excluding carboxylic acids is 1. The number of nitrogens with zero attached hydrogens (tertiary/aromatic N) is 6. The molecule has 1 aliphatic heterocycles. The summed E-state index contributed by atoms with van der Waals surface area (Å²) in [7, 11) is 3.25. The highest BCUT2D eigenvalue weighted by Gasteiger charge is 2.24. The number of thiazole rings is 1. The SMILES string of the molecule is C[C@H]1COCCN1c1nc(Cc2ccc(C(=O)N(C)C)cc2F)nc(-c2cnc(NCl)s2)n1. The van der Waals surface area contributed by atoms with E-state index in [-0.39, 0.29) is 23.9 Å². The van der Waals surface area contributed by atoms with Gasteiger partial charge in [0.2, 0.25) is 5.95 Å². The van der Waals surface area contributed by atoms with Crippen molar-refractivity contribution in [2.75, 3.05) is 43.6 Å². The van der Waals surface area contributed by atoms with E-state index in [0.29, 0.717) is 52.9 Å². The predicted molar refractivity (Wildman–Crippen MR) is 125 cm³/mol. The van der Waals surface area contributed by atoms with Crippen LogP contribution in [-0.2, 0) is 11.2 Å². The fourth-order valence-corrected chi connectivity index (χ4v) is 4.23. The minimum absolute atomic E-state index is 0.0800. The van der Waals surface area contributed by atoms with Crippen LogP contribution in [0.1, 0.15) is 28.7 Å². The van der Waals surface area contributed by atoms with Gasteiger partial charge in [-0.1, -0.05) is 17.4 Å². The smallest absolute Gasteiger partial charge is 0.253 e. The van der Waals surface area contributed by atoms with Crippen molar-refractivity contribution in [3.63, 3.8) is 0 Å². The first kappa shape index (κ1) is 23.3. The Morgan fingerprint density at radius 2 is 2.18 bits per heavy atom. The fourth-order valence-electron chi connectivity index (χ4n) is 3.42. The van der Waals surface area contributed by atoms with Crippen molar-refractivity contribution in [1.29, 1.82) is 0 Å². The molecule has 9 nitrogen and oxygen atoms in total. The zero-order valence-electron chi connectivity index (χ0n) is 18.4. The molecule has 2 aromatic heterocycles. The number of morpholine rings is 1. The highest BCUT2D eigenvalue weighted by molar-refractivity contribution is 7.19. The molecular formula is C21H23ClFN7O2S. The molecule has 0 saturated carbocycles. The zero-order chi connectivity index (χ0) is 23.5. The van der Waals surface area contributed by atoms with Gasteiger partial charge in [0.15, 0.2) is 11.0 Å². The van der Waals surface area contributed by atoms with Crippen molar-refractivity contribution < 1.29 is 13.9 Å². The van der Waals surface area contributed by atoms with Gasteiger partial charge in [0, 0.05) is 44.4 Å². The molecule has 0 bridgehead atoms. The van der Waals surface area contributed by atoms with Gasteiger partial charge in [-0.25, -0.2) is 14.4 Å². The molecule has 0 spiro atoms. The maximum absolute atomic E-state index is 14.8. The third-order valence-corrected chi connectivity index (χ3v) is 6.36. The summed E-state index contributed by atoms with van der Waals surface area (Å²) in [5, 5.41) is 0.516. The molecule has 1 saturated heterocycles. The van der Waals surface area contributed by atoms with E-state index >= 15 is 0 Å². The molecule has 1 fully saturated rings. The molecule has 1 aliphatic rings. The number of hydrogen-bond acceptors (Lipinski definition) is 9. The van der Waals surface area contributed by atoms with E-state index in [4.69, 9.17) is 16.5 Å². The van der Waals surface area contributed by atoms with E-state index in [1.807, 2.05) is 6.92 Å². The molecule has 1 amide bonds. The average Bonchev–Trinajstić information content (AvgIpc) is 3.29. The van der Waals surface area contributed by atoms with Gasteiger partial charge in [0.05, 0.1) is 30.3 Å². The van der Waals surface area contributed by atoms with Crippen LogP contribution in [-0.4, -0.2) is 70.6 Å². The van der Waals surface area contributed by atoms with Crippen molar-refractivity contribution in [1.82, 2.24) is 24.8 Å². The summed E-state index contributed by atoms with van der Waals surface area (Å²) in [5.74, 6) is 0.592. The molecule has 4 rings (SSSR count). The maximum Gasteiger partial charge on any atom is 0.253 e. The Kier molecular flexibility index (Phi) is 7.01. The summed E-state index contributed by atoms with van der Waals surface area (Å²) in [6, 6.07) is 4.52. The topological polar surface area (TPSA) is 96.4 Å². The Hall–Kier alpha value is -2.89. The summed E-state index contributed by atoms with van der Waals surface area (Å²) >= 11 is 6.97. The van der Waals surface area contributed by atoms with Crippen LogP contribution in [0.25, 0.3) is 10.7 Å². The summed E-state index contributed by atoms with van der Waals surface area (Å²) < 4.78 is 20.4. The Bertz CT molecular complexity index is 1160. The maximum atomic E-state index is 14.8. The molecule has 0 aliphatic carbocycles. The molecule has 1 atom stereocenters. The van der Waals surface area contributed by atoms with E-state index in [1.165, 1.54) is 22.3 Å². The second kappa shape index (κ2) is 9.94. The quantitative estimate of drug-likeness (QED) is 0.525. The fraction of sp³-hybridized carbons (Fsp3) is 0.381.